The summed E-state index contributed by atoms with van der Waals surface area (Å²) < 4.78 is 6.41. The van der Waals surface area contributed by atoms with E-state index in [9.17, 15) is 0 Å². The SMILES string of the molecule is c1ccc(-c2ccc(N(c3cccc(-c4ccc5ccccc5c4)c3)c3cc4c5ncccc5oc4c4ccccc34)cc2)cc1. The van der Waals surface area contributed by atoms with Crippen molar-refractivity contribution in [3.63, 3.8) is 0 Å². The largest absolute Gasteiger partial charge is 0.454 e. The van der Waals surface area contributed by atoms with Crippen LogP contribution in [0.4, 0.5) is 17.1 Å². The molecule has 0 amide bonds. The van der Waals surface area contributed by atoms with Crippen molar-refractivity contribution in [3.8, 4) is 22.3 Å². The molecule has 0 aliphatic carbocycles. The molecule has 0 saturated carbocycles. The van der Waals surface area contributed by atoms with Crippen LogP contribution in [0.3, 0.4) is 0 Å². The zero-order valence-corrected chi connectivity index (χ0v) is 25.0. The van der Waals surface area contributed by atoms with E-state index in [1.54, 1.807) is 0 Å². The van der Waals surface area contributed by atoms with E-state index in [2.05, 4.69) is 157 Å². The minimum atomic E-state index is 0.789. The number of furan rings is 1. The summed E-state index contributed by atoms with van der Waals surface area (Å²) in [6.45, 7) is 0. The van der Waals surface area contributed by atoms with Crippen molar-refractivity contribution in [2.45, 2.75) is 0 Å². The maximum Gasteiger partial charge on any atom is 0.153 e. The van der Waals surface area contributed by atoms with Crippen LogP contribution in [0.2, 0.25) is 0 Å². The fourth-order valence-corrected chi connectivity index (χ4v) is 6.64. The van der Waals surface area contributed by atoms with Gasteiger partial charge in [0.25, 0.3) is 0 Å². The zero-order valence-electron chi connectivity index (χ0n) is 25.0. The Kier molecular flexibility index (Phi) is 6.14. The average Bonchev–Trinajstić information content (AvgIpc) is 3.51. The van der Waals surface area contributed by atoms with Gasteiger partial charge in [-0.25, -0.2) is 0 Å². The van der Waals surface area contributed by atoms with Gasteiger partial charge in [0.05, 0.1) is 5.69 Å². The topological polar surface area (TPSA) is 29.3 Å². The van der Waals surface area contributed by atoms with Gasteiger partial charge in [0.15, 0.2) is 5.58 Å². The molecule has 3 heteroatoms. The van der Waals surface area contributed by atoms with Crippen LogP contribution in [0.15, 0.2) is 174 Å². The molecule has 0 N–H and O–H groups in total. The third-order valence-corrected chi connectivity index (χ3v) is 8.87. The molecule has 2 aromatic heterocycles. The maximum atomic E-state index is 6.41. The van der Waals surface area contributed by atoms with E-state index in [1.165, 1.54) is 27.5 Å². The molecule has 216 valence electrons. The Bertz CT molecular complexity index is 2530. The van der Waals surface area contributed by atoms with Crippen molar-refractivity contribution >= 4 is 60.7 Å². The Morgan fingerprint density at radius 2 is 1.13 bits per heavy atom. The maximum absolute atomic E-state index is 6.41. The highest BCUT2D eigenvalue weighted by molar-refractivity contribution is 6.18. The van der Waals surface area contributed by atoms with E-state index in [0.717, 1.165) is 55.5 Å². The normalized spacial score (nSPS) is 11.5. The summed E-state index contributed by atoms with van der Waals surface area (Å²) in [6, 6.07) is 58.1. The third-order valence-electron chi connectivity index (χ3n) is 8.87. The van der Waals surface area contributed by atoms with E-state index in [0.29, 0.717) is 0 Å². The number of benzene rings is 7. The van der Waals surface area contributed by atoms with Gasteiger partial charge >= 0.3 is 0 Å². The summed E-state index contributed by atoms with van der Waals surface area (Å²) in [5, 5.41) is 5.64. The molecule has 0 atom stereocenters. The van der Waals surface area contributed by atoms with Crippen LogP contribution in [-0.4, -0.2) is 4.98 Å². The van der Waals surface area contributed by atoms with Crippen LogP contribution in [0.1, 0.15) is 0 Å². The quantitative estimate of drug-likeness (QED) is 0.200. The van der Waals surface area contributed by atoms with Gasteiger partial charge in [-0.2, -0.15) is 0 Å². The average molecular weight is 589 g/mol. The number of hydrogen-bond donors (Lipinski definition) is 0. The van der Waals surface area contributed by atoms with Gasteiger partial charge in [0, 0.05) is 33.7 Å². The summed E-state index contributed by atoms with van der Waals surface area (Å²) in [4.78, 5) is 7.10. The minimum absolute atomic E-state index is 0.789. The number of aromatic nitrogens is 1. The van der Waals surface area contributed by atoms with E-state index in [4.69, 9.17) is 9.40 Å². The zero-order chi connectivity index (χ0) is 30.5. The van der Waals surface area contributed by atoms with Gasteiger partial charge < -0.3 is 9.32 Å². The lowest BCUT2D eigenvalue weighted by Gasteiger charge is -2.28. The Morgan fingerprint density at radius 1 is 0.435 bits per heavy atom. The van der Waals surface area contributed by atoms with Crippen molar-refractivity contribution in [3.05, 3.63) is 170 Å². The van der Waals surface area contributed by atoms with Crippen molar-refractivity contribution < 1.29 is 4.42 Å². The molecule has 9 rings (SSSR count). The molecule has 0 spiro atoms. The fraction of sp³-hybridized carbons (Fsp3) is 0. The molecule has 2 heterocycles. The highest BCUT2D eigenvalue weighted by atomic mass is 16.3. The molecule has 46 heavy (non-hydrogen) atoms. The summed E-state index contributed by atoms with van der Waals surface area (Å²) in [5.41, 5.74) is 10.5. The van der Waals surface area contributed by atoms with E-state index in [1.807, 2.05) is 18.3 Å². The Balaban J connectivity index is 1.28. The lowest BCUT2D eigenvalue weighted by Crippen LogP contribution is -2.10. The summed E-state index contributed by atoms with van der Waals surface area (Å²) >= 11 is 0. The molecule has 0 unspecified atom stereocenters. The Morgan fingerprint density at radius 3 is 2.00 bits per heavy atom. The van der Waals surface area contributed by atoms with Gasteiger partial charge in [0.1, 0.15) is 11.1 Å². The molecule has 3 nitrogen and oxygen atoms in total. The monoisotopic (exact) mass is 588 g/mol. The van der Waals surface area contributed by atoms with Crippen LogP contribution in [0.25, 0.3) is 65.9 Å². The predicted molar refractivity (Wildman–Crippen MR) is 192 cm³/mol. The highest BCUT2D eigenvalue weighted by Gasteiger charge is 2.21. The second kappa shape index (κ2) is 10.8. The second-order valence-corrected chi connectivity index (χ2v) is 11.6. The van der Waals surface area contributed by atoms with Crippen molar-refractivity contribution in [1.29, 1.82) is 0 Å². The molecule has 0 aliphatic heterocycles. The van der Waals surface area contributed by atoms with Crippen molar-refractivity contribution in [2.75, 3.05) is 4.90 Å². The van der Waals surface area contributed by atoms with Crippen molar-refractivity contribution in [2.24, 2.45) is 0 Å². The number of rotatable bonds is 5. The van der Waals surface area contributed by atoms with E-state index in [-0.39, 0.29) is 0 Å². The molecule has 0 fully saturated rings. The van der Waals surface area contributed by atoms with Crippen LogP contribution < -0.4 is 4.90 Å². The minimum Gasteiger partial charge on any atom is -0.454 e. The number of nitrogens with zero attached hydrogens (tertiary/aromatic N) is 2. The predicted octanol–water partition coefficient (Wildman–Crippen LogP) is 12.1. The van der Waals surface area contributed by atoms with E-state index < -0.39 is 0 Å². The number of pyridine rings is 1. The first-order valence-corrected chi connectivity index (χ1v) is 15.5. The lowest BCUT2D eigenvalue weighted by molar-refractivity contribution is 0.672. The highest BCUT2D eigenvalue weighted by Crippen LogP contribution is 2.45. The number of anilines is 3. The molecule has 0 aliphatic rings. The van der Waals surface area contributed by atoms with E-state index >= 15 is 0 Å². The van der Waals surface area contributed by atoms with Crippen LogP contribution in [0, 0.1) is 0 Å². The van der Waals surface area contributed by atoms with Gasteiger partial charge in [0.2, 0.25) is 0 Å². The first-order chi connectivity index (χ1) is 22.8. The molecule has 9 aromatic rings. The Hall–Kier alpha value is -6.19. The Labute approximate surface area is 266 Å². The summed E-state index contributed by atoms with van der Waals surface area (Å²) in [7, 11) is 0. The van der Waals surface area contributed by atoms with Crippen molar-refractivity contribution in [1.82, 2.24) is 4.98 Å². The second-order valence-electron chi connectivity index (χ2n) is 11.6. The number of hydrogen-bond acceptors (Lipinski definition) is 3. The fourth-order valence-electron chi connectivity index (χ4n) is 6.64. The number of fused-ring (bicyclic) bond motifs is 6. The van der Waals surface area contributed by atoms with Gasteiger partial charge in [-0.15, -0.1) is 0 Å². The van der Waals surface area contributed by atoms with Crippen LogP contribution in [-0.2, 0) is 0 Å². The molecule has 0 bridgehead atoms. The summed E-state index contributed by atoms with van der Waals surface area (Å²) in [6.07, 6.45) is 1.83. The standard InChI is InChI=1S/C43H28N2O/c1-2-10-29(11-3-1)31-21-23-35(24-22-31)45(36-15-8-14-33(27-36)34-20-19-30-12-4-5-13-32(30)26-34)40-28-39-42-41(18-9-25-44-42)46-43(39)38-17-7-6-16-37(38)40/h1-28H. The van der Waals surface area contributed by atoms with Gasteiger partial charge in [-0.3, -0.25) is 4.98 Å². The molecular formula is C43H28N2O. The van der Waals surface area contributed by atoms with Crippen LogP contribution in [0.5, 0.6) is 0 Å². The molecule has 7 aromatic carbocycles. The first kappa shape index (κ1) is 26.2. The molecular weight excluding hydrogens is 560 g/mol. The summed E-state index contributed by atoms with van der Waals surface area (Å²) in [5.74, 6) is 0. The smallest absolute Gasteiger partial charge is 0.153 e. The molecule has 0 saturated heterocycles. The van der Waals surface area contributed by atoms with Crippen LogP contribution >= 0.6 is 0 Å². The lowest BCUT2D eigenvalue weighted by atomic mass is 9.99. The molecule has 0 radical (unpaired) electrons. The van der Waals surface area contributed by atoms with Gasteiger partial charge in [-0.1, -0.05) is 115 Å². The third kappa shape index (κ3) is 4.41. The first-order valence-electron chi connectivity index (χ1n) is 15.5. The van der Waals surface area contributed by atoms with Gasteiger partial charge in [-0.05, 0) is 81.6 Å².